The third kappa shape index (κ3) is 4.01. The molecule has 0 aromatic heterocycles. The molecule has 2 rings (SSSR count). The van der Waals surface area contributed by atoms with Crippen LogP contribution in [0.5, 0.6) is 5.75 Å². The lowest BCUT2D eigenvalue weighted by atomic mass is 10.0. The number of amides is 2. The topological polar surface area (TPSA) is 67.9 Å². The summed E-state index contributed by atoms with van der Waals surface area (Å²) in [4.78, 5) is 26.2. The number of carbonyl (C=O) groups is 2. The molecular formula is C17H24N2O4. The zero-order valence-corrected chi connectivity index (χ0v) is 14.1. The molecule has 0 saturated carbocycles. The van der Waals surface area contributed by atoms with Crippen molar-refractivity contribution < 1.29 is 19.1 Å². The van der Waals surface area contributed by atoms with Crippen molar-refractivity contribution in [2.24, 2.45) is 0 Å². The first-order chi connectivity index (χ1) is 10.9. The van der Waals surface area contributed by atoms with E-state index in [-0.39, 0.29) is 24.5 Å². The van der Waals surface area contributed by atoms with Crippen molar-refractivity contribution >= 4 is 11.8 Å². The second kappa shape index (κ2) is 7.00. The minimum Gasteiger partial charge on any atom is -0.491 e. The van der Waals surface area contributed by atoms with Crippen molar-refractivity contribution in [1.29, 1.82) is 0 Å². The molecule has 0 bridgehead atoms. The normalized spacial score (nSPS) is 21.2. The lowest BCUT2D eigenvalue weighted by Crippen LogP contribution is -2.58. The fraction of sp³-hybridized carbons (Fsp3) is 0.529. The molecule has 126 valence electrons. The average molecular weight is 320 g/mol. The van der Waals surface area contributed by atoms with Gasteiger partial charge in [-0.3, -0.25) is 9.59 Å². The molecule has 1 aliphatic heterocycles. The number of rotatable bonds is 4. The maximum atomic E-state index is 12.6. The van der Waals surface area contributed by atoms with Crippen molar-refractivity contribution in [3.8, 4) is 5.75 Å². The maximum Gasteiger partial charge on any atom is 0.254 e. The van der Waals surface area contributed by atoms with Gasteiger partial charge in [0.2, 0.25) is 0 Å². The van der Waals surface area contributed by atoms with E-state index in [2.05, 4.69) is 5.32 Å². The van der Waals surface area contributed by atoms with Crippen LogP contribution >= 0.6 is 0 Å². The van der Waals surface area contributed by atoms with Crippen LogP contribution in [0.15, 0.2) is 24.3 Å². The highest BCUT2D eigenvalue weighted by Gasteiger charge is 2.40. The molecular weight excluding hydrogens is 296 g/mol. The van der Waals surface area contributed by atoms with Gasteiger partial charge < -0.3 is 19.7 Å². The molecule has 0 aliphatic carbocycles. The smallest absolute Gasteiger partial charge is 0.254 e. The summed E-state index contributed by atoms with van der Waals surface area (Å²) in [5, 5.41) is 2.58. The monoisotopic (exact) mass is 320 g/mol. The quantitative estimate of drug-likeness (QED) is 0.912. The van der Waals surface area contributed by atoms with E-state index in [1.54, 1.807) is 43.1 Å². The molecule has 6 nitrogen and oxygen atoms in total. The van der Waals surface area contributed by atoms with Crippen molar-refractivity contribution in [2.75, 3.05) is 26.7 Å². The standard InChI is InChI=1S/C17H24N2O4/c1-12(2)23-14-7-5-13(6-8-14)15(20)19-9-10-22-17(3,11-19)16(21)18-4/h5-8,12H,9-11H2,1-4H3,(H,18,21)/t17-/m0/s1. The Balaban J connectivity index is 2.09. The molecule has 1 aromatic rings. The van der Waals surface area contributed by atoms with Crippen molar-refractivity contribution in [3.05, 3.63) is 29.8 Å². The molecule has 23 heavy (non-hydrogen) atoms. The number of morpholine rings is 1. The second-order valence-electron chi connectivity index (χ2n) is 6.08. The highest BCUT2D eigenvalue weighted by Crippen LogP contribution is 2.21. The van der Waals surface area contributed by atoms with Gasteiger partial charge in [0.25, 0.3) is 11.8 Å². The van der Waals surface area contributed by atoms with Crippen LogP contribution in [-0.2, 0) is 9.53 Å². The SMILES string of the molecule is CNC(=O)[C@]1(C)CN(C(=O)c2ccc(OC(C)C)cc2)CCO1. The molecule has 0 unspecified atom stereocenters. The van der Waals surface area contributed by atoms with E-state index in [4.69, 9.17) is 9.47 Å². The van der Waals surface area contributed by atoms with Gasteiger partial charge in [0.1, 0.15) is 5.75 Å². The molecule has 6 heteroatoms. The molecule has 0 radical (unpaired) electrons. The summed E-state index contributed by atoms with van der Waals surface area (Å²) in [5.74, 6) is 0.393. The van der Waals surface area contributed by atoms with Gasteiger partial charge in [-0.25, -0.2) is 0 Å². The summed E-state index contributed by atoms with van der Waals surface area (Å²) in [7, 11) is 1.56. The van der Waals surface area contributed by atoms with Crippen LogP contribution in [0.2, 0.25) is 0 Å². The van der Waals surface area contributed by atoms with Gasteiger partial charge in [0.15, 0.2) is 5.60 Å². The first kappa shape index (κ1) is 17.3. The second-order valence-corrected chi connectivity index (χ2v) is 6.08. The number of likely N-dealkylation sites (N-methyl/N-ethyl adjacent to an activating group) is 1. The molecule has 1 fully saturated rings. The fourth-order valence-corrected chi connectivity index (χ4v) is 2.58. The van der Waals surface area contributed by atoms with Crippen LogP contribution < -0.4 is 10.1 Å². The number of nitrogens with zero attached hydrogens (tertiary/aromatic N) is 1. The van der Waals surface area contributed by atoms with Gasteiger partial charge in [-0.2, -0.15) is 0 Å². The van der Waals surface area contributed by atoms with E-state index in [0.29, 0.717) is 18.7 Å². The minimum atomic E-state index is -1.01. The molecule has 1 N–H and O–H groups in total. The van der Waals surface area contributed by atoms with E-state index in [1.165, 1.54) is 0 Å². The Morgan fingerprint density at radius 2 is 1.96 bits per heavy atom. The minimum absolute atomic E-state index is 0.0871. The van der Waals surface area contributed by atoms with Crippen molar-refractivity contribution in [3.63, 3.8) is 0 Å². The van der Waals surface area contributed by atoms with E-state index in [1.807, 2.05) is 13.8 Å². The lowest BCUT2D eigenvalue weighted by Gasteiger charge is -2.39. The Labute approximate surface area is 136 Å². The molecule has 1 atom stereocenters. The molecule has 1 heterocycles. The highest BCUT2D eigenvalue weighted by atomic mass is 16.5. The molecule has 1 saturated heterocycles. The number of hydrogen-bond acceptors (Lipinski definition) is 4. The summed E-state index contributed by atoms with van der Waals surface area (Å²) in [6.07, 6.45) is 0.0871. The fourth-order valence-electron chi connectivity index (χ4n) is 2.58. The van der Waals surface area contributed by atoms with E-state index in [9.17, 15) is 9.59 Å². The van der Waals surface area contributed by atoms with Crippen molar-refractivity contribution in [1.82, 2.24) is 10.2 Å². The largest absolute Gasteiger partial charge is 0.491 e. The predicted octanol–water partition coefficient (Wildman–Crippen LogP) is 1.45. The number of benzene rings is 1. The third-order valence-electron chi connectivity index (χ3n) is 3.74. The van der Waals surface area contributed by atoms with Gasteiger partial charge in [-0.15, -0.1) is 0 Å². The Kier molecular flexibility index (Phi) is 5.26. The van der Waals surface area contributed by atoms with Gasteiger partial charge >= 0.3 is 0 Å². The molecule has 1 aliphatic rings. The Bertz CT molecular complexity index is 570. The van der Waals surface area contributed by atoms with Gasteiger partial charge in [0, 0.05) is 19.2 Å². The van der Waals surface area contributed by atoms with Crippen LogP contribution in [0.25, 0.3) is 0 Å². The Morgan fingerprint density at radius 1 is 1.30 bits per heavy atom. The molecule has 2 amide bonds. The Morgan fingerprint density at radius 3 is 2.52 bits per heavy atom. The lowest BCUT2D eigenvalue weighted by molar-refractivity contribution is -0.153. The first-order valence-electron chi connectivity index (χ1n) is 7.78. The van der Waals surface area contributed by atoms with Gasteiger partial charge in [-0.05, 0) is 45.0 Å². The molecule has 0 spiro atoms. The predicted molar refractivity (Wildman–Crippen MR) is 86.5 cm³/mol. The maximum absolute atomic E-state index is 12.6. The first-order valence-corrected chi connectivity index (χ1v) is 7.78. The summed E-state index contributed by atoms with van der Waals surface area (Å²) in [6, 6.07) is 7.05. The van der Waals surface area contributed by atoms with Crippen LogP contribution in [-0.4, -0.2) is 55.2 Å². The Hall–Kier alpha value is -2.08. The molecule has 1 aromatic carbocycles. The number of hydrogen-bond donors (Lipinski definition) is 1. The van der Waals surface area contributed by atoms with Crippen LogP contribution in [0.4, 0.5) is 0 Å². The van der Waals surface area contributed by atoms with Crippen LogP contribution in [0.3, 0.4) is 0 Å². The zero-order valence-electron chi connectivity index (χ0n) is 14.1. The summed E-state index contributed by atoms with van der Waals surface area (Å²) in [6.45, 7) is 6.64. The van der Waals surface area contributed by atoms with E-state index >= 15 is 0 Å². The highest BCUT2D eigenvalue weighted by molar-refractivity contribution is 5.95. The van der Waals surface area contributed by atoms with E-state index < -0.39 is 5.60 Å². The third-order valence-corrected chi connectivity index (χ3v) is 3.74. The summed E-state index contributed by atoms with van der Waals surface area (Å²) < 4.78 is 11.1. The van der Waals surface area contributed by atoms with Crippen LogP contribution in [0, 0.1) is 0 Å². The van der Waals surface area contributed by atoms with Crippen molar-refractivity contribution in [2.45, 2.75) is 32.5 Å². The van der Waals surface area contributed by atoms with E-state index in [0.717, 1.165) is 5.75 Å². The number of carbonyl (C=O) groups excluding carboxylic acids is 2. The number of nitrogens with one attached hydrogen (secondary N) is 1. The number of ether oxygens (including phenoxy) is 2. The summed E-state index contributed by atoms with van der Waals surface area (Å²) in [5.41, 5.74) is -0.439. The van der Waals surface area contributed by atoms with Crippen LogP contribution in [0.1, 0.15) is 31.1 Å². The van der Waals surface area contributed by atoms with Gasteiger partial charge in [0.05, 0.1) is 19.3 Å². The zero-order chi connectivity index (χ0) is 17.0. The average Bonchev–Trinajstić information content (AvgIpc) is 2.53. The summed E-state index contributed by atoms with van der Waals surface area (Å²) >= 11 is 0. The van der Waals surface area contributed by atoms with Gasteiger partial charge in [-0.1, -0.05) is 0 Å².